The van der Waals surface area contributed by atoms with Crippen LogP contribution in [0.1, 0.15) is 25.7 Å². The summed E-state index contributed by atoms with van der Waals surface area (Å²) in [6.07, 6.45) is 5.13. The van der Waals surface area contributed by atoms with Gasteiger partial charge in [-0.05, 0) is 18.9 Å². The van der Waals surface area contributed by atoms with Crippen LogP contribution in [0, 0.1) is 0 Å². The van der Waals surface area contributed by atoms with Gasteiger partial charge in [0.2, 0.25) is 10.0 Å². The molecule has 1 aromatic heterocycles. The lowest BCUT2D eigenvalue weighted by molar-refractivity contribution is -0.0586. The van der Waals surface area contributed by atoms with E-state index in [2.05, 4.69) is 4.98 Å². The molecular formula is C13H18ClN3O3S. The molecule has 3 rings (SSSR count). The highest BCUT2D eigenvalue weighted by molar-refractivity contribution is 7.89. The van der Waals surface area contributed by atoms with Gasteiger partial charge in [0.25, 0.3) is 0 Å². The smallest absolute Gasteiger partial charge is 0.245 e. The number of nitrogens with two attached hydrogens (primary N) is 1. The molecule has 1 saturated carbocycles. The average molecular weight is 332 g/mol. The van der Waals surface area contributed by atoms with Crippen LogP contribution < -0.4 is 5.73 Å². The molecule has 1 aliphatic carbocycles. The van der Waals surface area contributed by atoms with E-state index in [0.29, 0.717) is 13.2 Å². The molecule has 1 aromatic rings. The van der Waals surface area contributed by atoms with Crippen molar-refractivity contribution in [1.82, 2.24) is 9.29 Å². The molecule has 2 aliphatic rings. The monoisotopic (exact) mass is 331 g/mol. The summed E-state index contributed by atoms with van der Waals surface area (Å²) in [5.74, 6) is 0.133. The Balaban J connectivity index is 1.94. The van der Waals surface area contributed by atoms with E-state index >= 15 is 0 Å². The van der Waals surface area contributed by atoms with Gasteiger partial charge in [0.1, 0.15) is 10.7 Å². The maximum Gasteiger partial charge on any atom is 0.245 e. The summed E-state index contributed by atoms with van der Waals surface area (Å²) in [6, 6.07) is 1.28. The number of aromatic nitrogens is 1. The highest BCUT2D eigenvalue weighted by atomic mass is 35.5. The Kier molecular flexibility index (Phi) is 4.09. The fraction of sp³-hybridized carbons (Fsp3) is 0.615. The summed E-state index contributed by atoms with van der Waals surface area (Å²) < 4.78 is 32.9. The number of morpholine rings is 1. The van der Waals surface area contributed by atoms with Crippen LogP contribution >= 0.6 is 11.6 Å². The molecule has 2 heterocycles. The third kappa shape index (κ3) is 2.75. The number of hydrogen-bond acceptors (Lipinski definition) is 5. The van der Waals surface area contributed by atoms with Gasteiger partial charge in [0, 0.05) is 12.7 Å². The van der Waals surface area contributed by atoms with Crippen LogP contribution in [0.3, 0.4) is 0 Å². The minimum Gasteiger partial charge on any atom is -0.382 e. The maximum atomic E-state index is 12.8. The van der Waals surface area contributed by atoms with Crippen molar-refractivity contribution < 1.29 is 13.2 Å². The van der Waals surface area contributed by atoms with Gasteiger partial charge in [0.15, 0.2) is 0 Å². The Bertz CT molecular complexity index is 636. The minimum atomic E-state index is -3.62. The molecule has 0 radical (unpaired) electrons. The SMILES string of the molecule is Nc1ncc(S(=O)(=O)N2CCOC3CCCCC32)cc1Cl. The van der Waals surface area contributed by atoms with E-state index in [4.69, 9.17) is 22.1 Å². The highest BCUT2D eigenvalue weighted by Crippen LogP contribution is 2.33. The van der Waals surface area contributed by atoms with Crippen molar-refractivity contribution in [2.24, 2.45) is 0 Å². The molecular weight excluding hydrogens is 314 g/mol. The van der Waals surface area contributed by atoms with Crippen molar-refractivity contribution >= 4 is 27.4 Å². The summed E-state index contributed by atoms with van der Waals surface area (Å²) in [6.45, 7) is 0.794. The highest BCUT2D eigenvalue weighted by Gasteiger charge is 2.41. The molecule has 2 atom stereocenters. The summed E-state index contributed by atoms with van der Waals surface area (Å²) in [5.41, 5.74) is 5.55. The van der Waals surface area contributed by atoms with E-state index < -0.39 is 10.0 Å². The Morgan fingerprint density at radius 2 is 2.14 bits per heavy atom. The molecule has 2 unspecified atom stereocenters. The van der Waals surface area contributed by atoms with Gasteiger partial charge in [-0.15, -0.1) is 0 Å². The quantitative estimate of drug-likeness (QED) is 0.890. The number of halogens is 1. The fourth-order valence-corrected chi connectivity index (χ4v) is 4.93. The van der Waals surface area contributed by atoms with Crippen molar-refractivity contribution in [3.05, 3.63) is 17.3 Å². The Morgan fingerprint density at radius 1 is 1.38 bits per heavy atom. The zero-order valence-electron chi connectivity index (χ0n) is 11.5. The number of hydrogen-bond donors (Lipinski definition) is 1. The van der Waals surface area contributed by atoms with Gasteiger partial charge >= 0.3 is 0 Å². The molecule has 0 bridgehead atoms. The molecule has 1 saturated heterocycles. The van der Waals surface area contributed by atoms with Gasteiger partial charge < -0.3 is 10.5 Å². The Hall–Kier alpha value is -0.890. The first-order chi connectivity index (χ1) is 10.00. The number of fused-ring (bicyclic) bond motifs is 1. The van der Waals surface area contributed by atoms with E-state index in [0.717, 1.165) is 25.7 Å². The number of nitrogens with zero attached hydrogens (tertiary/aromatic N) is 2. The molecule has 0 spiro atoms. The largest absolute Gasteiger partial charge is 0.382 e. The van der Waals surface area contributed by atoms with E-state index in [1.165, 1.54) is 12.3 Å². The summed E-state index contributed by atoms with van der Waals surface area (Å²) >= 11 is 5.90. The standard InChI is InChI=1S/C13H18ClN3O3S/c14-10-7-9(8-16-13(10)15)21(18,19)17-5-6-20-12-4-2-1-3-11(12)17/h7-8,11-12H,1-6H2,(H2,15,16). The molecule has 0 amide bonds. The predicted octanol–water partition coefficient (Wildman–Crippen LogP) is 1.65. The molecule has 116 valence electrons. The van der Waals surface area contributed by atoms with Crippen LogP contribution in [0.2, 0.25) is 5.02 Å². The third-order valence-corrected chi connectivity index (χ3v) is 6.32. The van der Waals surface area contributed by atoms with E-state index in [9.17, 15) is 8.42 Å². The van der Waals surface area contributed by atoms with Gasteiger partial charge in [-0.25, -0.2) is 13.4 Å². The van der Waals surface area contributed by atoms with Gasteiger partial charge in [0.05, 0.1) is 23.8 Å². The summed E-state index contributed by atoms with van der Waals surface area (Å²) in [4.78, 5) is 3.94. The number of rotatable bonds is 2. The second-order valence-electron chi connectivity index (χ2n) is 5.41. The van der Waals surface area contributed by atoms with Crippen molar-refractivity contribution in [3.63, 3.8) is 0 Å². The number of ether oxygens (including phenoxy) is 1. The first-order valence-corrected chi connectivity index (χ1v) is 8.86. The number of sulfonamides is 1. The molecule has 21 heavy (non-hydrogen) atoms. The second-order valence-corrected chi connectivity index (χ2v) is 7.71. The van der Waals surface area contributed by atoms with Gasteiger partial charge in [-0.2, -0.15) is 4.31 Å². The topological polar surface area (TPSA) is 85.5 Å². The minimum absolute atomic E-state index is 0.000474. The van der Waals surface area contributed by atoms with Crippen molar-refractivity contribution in [2.75, 3.05) is 18.9 Å². The molecule has 8 heteroatoms. The number of pyridine rings is 1. The molecule has 6 nitrogen and oxygen atoms in total. The number of anilines is 1. The molecule has 1 aliphatic heterocycles. The lowest BCUT2D eigenvalue weighted by atomic mass is 9.91. The van der Waals surface area contributed by atoms with Crippen molar-refractivity contribution in [2.45, 2.75) is 42.7 Å². The van der Waals surface area contributed by atoms with Crippen molar-refractivity contribution in [3.8, 4) is 0 Å². The lowest BCUT2D eigenvalue weighted by Gasteiger charge is -2.42. The average Bonchev–Trinajstić information content (AvgIpc) is 2.49. The van der Waals surface area contributed by atoms with Crippen LogP contribution in [-0.2, 0) is 14.8 Å². The Morgan fingerprint density at radius 3 is 2.90 bits per heavy atom. The summed E-state index contributed by atoms with van der Waals surface area (Å²) in [5, 5.41) is 0.157. The lowest BCUT2D eigenvalue weighted by Crippen LogP contribution is -2.54. The molecule has 2 fully saturated rings. The Labute approximate surface area is 129 Å². The maximum absolute atomic E-state index is 12.8. The molecule has 0 aromatic carbocycles. The van der Waals surface area contributed by atoms with E-state index in [-0.39, 0.29) is 27.9 Å². The second kappa shape index (κ2) is 5.72. The first kappa shape index (κ1) is 15.0. The van der Waals surface area contributed by atoms with E-state index in [1.54, 1.807) is 4.31 Å². The van der Waals surface area contributed by atoms with Crippen LogP contribution in [0.25, 0.3) is 0 Å². The normalized spacial score (nSPS) is 27.3. The van der Waals surface area contributed by atoms with Gasteiger partial charge in [-0.1, -0.05) is 24.4 Å². The van der Waals surface area contributed by atoms with Crippen LogP contribution in [0.5, 0.6) is 0 Å². The fourth-order valence-electron chi connectivity index (χ4n) is 3.07. The summed E-state index contributed by atoms with van der Waals surface area (Å²) in [7, 11) is -3.62. The van der Waals surface area contributed by atoms with Crippen LogP contribution in [0.4, 0.5) is 5.82 Å². The van der Waals surface area contributed by atoms with Crippen LogP contribution in [-0.4, -0.2) is 43.0 Å². The van der Waals surface area contributed by atoms with Crippen molar-refractivity contribution in [1.29, 1.82) is 0 Å². The molecule has 2 N–H and O–H groups in total. The zero-order valence-corrected chi connectivity index (χ0v) is 13.1. The zero-order chi connectivity index (χ0) is 15.0. The predicted molar refractivity (Wildman–Crippen MR) is 79.5 cm³/mol. The van der Waals surface area contributed by atoms with Crippen LogP contribution in [0.15, 0.2) is 17.2 Å². The third-order valence-electron chi connectivity index (χ3n) is 4.13. The number of nitrogen functional groups attached to an aromatic ring is 1. The van der Waals surface area contributed by atoms with Gasteiger partial charge in [-0.3, -0.25) is 0 Å². The van der Waals surface area contributed by atoms with E-state index in [1.807, 2.05) is 0 Å². The first-order valence-electron chi connectivity index (χ1n) is 7.04.